The molecule has 1 aromatic carbocycles. The van der Waals surface area contributed by atoms with Crippen molar-refractivity contribution in [1.29, 1.82) is 0 Å². The summed E-state index contributed by atoms with van der Waals surface area (Å²) in [4.78, 5) is 23.2. The molecule has 0 bridgehead atoms. The van der Waals surface area contributed by atoms with E-state index in [9.17, 15) is 14.9 Å². The zero-order valence-electron chi connectivity index (χ0n) is 8.71. The molecule has 0 saturated heterocycles. The van der Waals surface area contributed by atoms with Crippen LogP contribution in [0.25, 0.3) is 5.57 Å². The van der Waals surface area contributed by atoms with Crippen LogP contribution >= 0.6 is 0 Å². The van der Waals surface area contributed by atoms with Crippen molar-refractivity contribution in [3.05, 3.63) is 45.6 Å². The topological polar surface area (TPSA) is 63.5 Å². The van der Waals surface area contributed by atoms with Crippen molar-refractivity contribution in [2.45, 2.75) is 6.54 Å². The van der Waals surface area contributed by atoms with E-state index in [1.54, 1.807) is 18.3 Å². The van der Waals surface area contributed by atoms with Gasteiger partial charge in [0.2, 0.25) is 0 Å². The second-order valence-corrected chi connectivity index (χ2v) is 3.69. The van der Waals surface area contributed by atoms with Crippen molar-refractivity contribution in [2.24, 2.45) is 0 Å². The van der Waals surface area contributed by atoms with Gasteiger partial charge in [0, 0.05) is 31.4 Å². The Kier molecular flexibility index (Phi) is 2.44. The van der Waals surface area contributed by atoms with Crippen LogP contribution in [-0.2, 0) is 11.3 Å². The van der Waals surface area contributed by atoms with Crippen molar-refractivity contribution in [1.82, 2.24) is 4.90 Å². The highest BCUT2D eigenvalue weighted by atomic mass is 16.6. The Morgan fingerprint density at radius 1 is 1.50 bits per heavy atom. The van der Waals surface area contributed by atoms with Crippen LogP contribution in [0.1, 0.15) is 11.1 Å². The Morgan fingerprint density at radius 2 is 2.25 bits per heavy atom. The van der Waals surface area contributed by atoms with E-state index in [4.69, 9.17) is 0 Å². The molecule has 0 N–H and O–H groups in total. The number of hydrogen-bond donors (Lipinski definition) is 0. The van der Waals surface area contributed by atoms with Gasteiger partial charge in [-0.3, -0.25) is 14.9 Å². The molecule has 0 atom stereocenters. The number of rotatable bonds is 2. The van der Waals surface area contributed by atoms with E-state index in [0.29, 0.717) is 24.0 Å². The fourth-order valence-corrected chi connectivity index (χ4v) is 1.91. The highest BCUT2D eigenvalue weighted by Crippen LogP contribution is 2.32. The summed E-state index contributed by atoms with van der Waals surface area (Å²) in [6, 6.07) is 4.86. The molecule has 1 heterocycles. The first kappa shape index (κ1) is 10.4. The molecule has 0 spiro atoms. The van der Waals surface area contributed by atoms with Crippen LogP contribution in [0.4, 0.5) is 5.69 Å². The molecule has 0 saturated carbocycles. The van der Waals surface area contributed by atoms with Crippen molar-refractivity contribution in [2.75, 3.05) is 7.05 Å². The van der Waals surface area contributed by atoms with Crippen LogP contribution < -0.4 is 0 Å². The van der Waals surface area contributed by atoms with E-state index in [2.05, 4.69) is 0 Å². The lowest BCUT2D eigenvalue weighted by molar-refractivity contribution is -0.385. The van der Waals surface area contributed by atoms with Gasteiger partial charge in [-0.1, -0.05) is 12.1 Å². The molecule has 0 aromatic heterocycles. The summed E-state index contributed by atoms with van der Waals surface area (Å²) in [5, 5.41) is 10.9. The smallest absolute Gasteiger partial charge is 0.277 e. The highest BCUT2D eigenvalue weighted by molar-refractivity contribution is 6.09. The number of fused-ring (bicyclic) bond motifs is 1. The molecule has 0 amide bonds. The Morgan fingerprint density at radius 3 is 2.88 bits per heavy atom. The molecule has 0 fully saturated rings. The van der Waals surface area contributed by atoms with Crippen LogP contribution in [0.15, 0.2) is 24.4 Å². The number of nitrogens with zero attached hydrogens (tertiary/aromatic N) is 2. The Labute approximate surface area is 92.1 Å². The van der Waals surface area contributed by atoms with Gasteiger partial charge < -0.3 is 4.90 Å². The average Bonchev–Trinajstić information content (AvgIpc) is 2.26. The van der Waals surface area contributed by atoms with Gasteiger partial charge in [0.05, 0.1) is 10.5 Å². The predicted molar refractivity (Wildman–Crippen MR) is 58.6 cm³/mol. The summed E-state index contributed by atoms with van der Waals surface area (Å²) in [5.74, 6) is 0. The summed E-state index contributed by atoms with van der Waals surface area (Å²) < 4.78 is 0. The molecule has 5 nitrogen and oxygen atoms in total. The maximum absolute atomic E-state index is 10.9. The summed E-state index contributed by atoms with van der Waals surface area (Å²) in [7, 11) is 1.82. The first-order valence-corrected chi connectivity index (χ1v) is 4.77. The molecule has 1 aromatic rings. The standard InChI is InChI=1S/C11H10N2O3/c1-12-5-8-3-2-4-10(13(15)16)11(8)9(6-12)7-14/h2-4,6-7H,5H2,1H3. The third-order valence-corrected chi connectivity index (χ3v) is 2.52. The minimum absolute atomic E-state index is 0.0102. The van der Waals surface area contributed by atoms with Gasteiger partial charge in [0.15, 0.2) is 6.29 Å². The number of nitro groups is 1. The average molecular weight is 218 g/mol. The quantitative estimate of drug-likeness (QED) is 0.429. The minimum Gasteiger partial charge on any atom is -0.375 e. The van der Waals surface area contributed by atoms with Crippen molar-refractivity contribution < 1.29 is 9.72 Å². The fourth-order valence-electron chi connectivity index (χ4n) is 1.91. The maximum Gasteiger partial charge on any atom is 0.277 e. The van der Waals surface area contributed by atoms with Crippen molar-refractivity contribution in [3.8, 4) is 0 Å². The number of nitro benzene ring substituents is 1. The summed E-state index contributed by atoms with van der Waals surface area (Å²) in [6.07, 6.45) is 2.28. The number of benzene rings is 1. The first-order chi connectivity index (χ1) is 7.63. The molecule has 16 heavy (non-hydrogen) atoms. The summed E-state index contributed by atoms with van der Waals surface area (Å²) >= 11 is 0. The Balaban J connectivity index is 2.67. The SMILES string of the molecule is CN1C=C(C=O)c2c(cccc2[N+](=O)[O-])C1. The van der Waals surface area contributed by atoms with Gasteiger partial charge in [-0.15, -0.1) is 0 Å². The molecule has 2 rings (SSSR count). The molecule has 5 heteroatoms. The van der Waals surface area contributed by atoms with E-state index in [0.717, 1.165) is 5.56 Å². The van der Waals surface area contributed by atoms with Crippen molar-refractivity contribution in [3.63, 3.8) is 0 Å². The maximum atomic E-state index is 10.9. The monoisotopic (exact) mass is 218 g/mol. The first-order valence-electron chi connectivity index (χ1n) is 4.77. The van der Waals surface area contributed by atoms with Crippen LogP contribution in [0, 0.1) is 10.1 Å². The van der Waals surface area contributed by atoms with Gasteiger partial charge in [0.1, 0.15) is 0 Å². The molecular formula is C11H10N2O3. The normalized spacial score (nSPS) is 14.1. The molecule has 0 unspecified atom stereocenters. The van der Waals surface area contributed by atoms with Crippen LogP contribution in [0.3, 0.4) is 0 Å². The third-order valence-electron chi connectivity index (χ3n) is 2.52. The number of hydrogen-bond acceptors (Lipinski definition) is 4. The van der Waals surface area contributed by atoms with Crippen LogP contribution in [-0.4, -0.2) is 23.2 Å². The van der Waals surface area contributed by atoms with Crippen LogP contribution in [0.5, 0.6) is 0 Å². The lowest BCUT2D eigenvalue weighted by atomic mass is 9.96. The summed E-state index contributed by atoms with van der Waals surface area (Å²) in [5.41, 5.74) is 1.60. The molecule has 0 aliphatic carbocycles. The molecule has 82 valence electrons. The molecule has 0 radical (unpaired) electrons. The Hall–Kier alpha value is -2.17. The van der Waals surface area contributed by atoms with Gasteiger partial charge >= 0.3 is 0 Å². The molecular weight excluding hydrogens is 208 g/mol. The Bertz CT molecular complexity index is 494. The molecule has 1 aliphatic rings. The third kappa shape index (κ3) is 1.56. The zero-order chi connectivity index (χ0) is 11.7. The number of allylic oxidation sites excluding steroid dienone is 1. The highest BCUT2D eigenvalue weighted by Gasteiger charge is 2.24. The van der Waals surface area contributed by atoms with Gasteiger partial charge in [-0.2, -0.15) is 0 Å². The van der Waals surface area contributed by atoms with Crippen LogP contribution in [0.2, 0.25) is 0 Å². The number of aldehydes is 1. The lowest BCUT2D eigenvalue weighted by Gasteiger charge is -2.22. The van der Waals surface area contributed by atoms with E-state index in [-0.39, 0.29) is 5.69 Å². The number of carbonyl (C=O) groups excluding carboxylic acids is 1. The van der Waals surface area contributed by atoms with E-state index in [1.807, 2.05) is 11.9 Å². The largest absolute Gasteiger partial charge is 0.375 e. The van der Waals surface area contributed by atoms with Gasteiger partial charge in [-0.25, -0.2) is 0 Å². The van der Waals surface area contributed by atoms with Crippen molar-refractivity contribution >= 4 is 17.5 Å². The molecule has 1 aliphatic heterocycles. The zero-order valence-corrected chi connectivity index (χ0v) is 8.71. The fraction of sp³-hybridized carbons (Fsp3) is 0.182. The lowest BCUT2D eigenvalue weighted by Crippen LogP contribution is -2.18. The van der Waals surface area contributed by atoms with Gasteiger partial charge in [-0.05, 0) is 5.56 Å². The second-order valence-electron chi connectivity index (χ2n) is 3.69. The second kappa shape index (κ2) is 3.77. The summed E-state index contributed by atoms with van der Waals surface area (Å²) in [6.45, 7) is 0.578. The predicted octanol–water partition coefficient (Wildman–Crippen LogP) is 1.58. The van der Waals surface area contributed by atoms with E-state index >= 15 is 0 Å². The van der Waals surface area contributed by atoms with Gasteiger partial charge in [0.25, 0.3) is 5.69 Å². The van der Waals surface area contributed by atoms with E-state index in [1.165, 1.54) is 6.07 Å². The van der Waals surface area contributed by atoms with E-state index < -0.39 is 4.92 Å². The number of carbonyl (C=O) groups is 1. The minimum atomic E-state index is -0.457.